The van der Waals surface area contributed by atoms with Crippen molar-refractivity contribution in [2.24, 2.45) is 0 Å². The molecule has 1 unspecified atom stereocenters. The van der Waals surface area contributed by atoms with Gasteiger partial charge in [-0.05, 0) is 38.5 Å². The van der Waals surface area contributed by atoms with Crippen LogP contribution in [0, 0.1) is 0 Å². The number of carbonyl (C=O) groups is 2. The molecule has 1 atom stereocenters. The van der Waals surface area contributed by atoms with Gasteiger partial charge in [0.1, 0.15) is 6.61 Å². The third-order valence-electron chi connectivity index (χ3n) is 6.31. The quantitative estimate of drug-likeness (QED) is 0.0741. The highest BCUT2D eigenvalue weighted by Gasteiger charge is 2.16. The van der Waals surface area contributed by atoms with Gasteiger partial charge in [-0.25, -0.2) is 0 Å². The van der Waals surface area contributed by atoms with Crippen LogP contribution in [0.3, 0.4) is 0 Å². The maximum absolute atomic E-state index is 12.0. The normalized spacial score (nSPS) is 12.2. The lowest BCUT2D eigenvalue weighted by molar-refractivity contribution is -0.161. The third kappa shape index (κ3) is 25.5. The number of aliphatic hydroxyl groups is 1. The summed E-state index contributed by atoms with van der Waals surface area (Å²) in [5.41, 5.74) is 0. The zero-order chi connectivity index (χ0) is 25.8. The molecule has 0 aliphatic heterocycles. The van der Waals surface area contributed by atoms with Crippen LogP contribution in [0.1, 0.15) is 149 Å². The van der Waals surface area contributed by atoms with Crippen molar-refractivity contribution < 1.29 is 24.2 Å². The fourth-order valence-corrected chi connectivity index (χ4v) is 4.02. The van der Waals surface area contributed by atoms with Crippen LogP contribution in [0.15, 0.2) is 12.2 Å². The molecule has 0 fully saturated rings. The number of carbonyl (C=O) groups excluding carboxylic acids is 2. The molecule has 0 rings (SSSR count). The molecular formula is C30H56O5. The van der Waals surface area contributed by atoms with Crippen molar-refractivity contribution in [2.45, 2.75) is 155 Å². The molecule has 0 saturated carbocycles. The molecule has 0 bridgehead atoms. The summed E-state index contributed by atoms with van der Waals surface area (Å²) < 4.78 is 10.5. The van der Waals surface area contributed by atoms with E-state index < -0.39 is 6.10 Å². The third-order valence-corrected chi connectivity index (χ3v) is 6.31. The second kappa shape index (κ2) is 27.2. The zero-order valence-corrected chi connectivity index (χ0v) is 23.1. The van der Waals surface area contributed by atoms with Gasteiger partial charge in [0.25, 0.3) is 0 Å². The van der Waals surface area contributed by atoms with E-state index in [4.69, 9.17) is 9.47 Å². The lowest BCUT2D eigenvalue weighted by Crippen LogP contribution is -2.28. The summed E-state index contributed by atoms with van der Waals surface area (Å²) in [6, 6.07) is 0. The molecule has 5 nitrogen and oxygen atoms in total. The molecule has 0 amide bonds. The molecule has 5 heteroatoms. The number of allylic oxidation sites excluding steroid dienone is 2. The van der Waals surface area contributed by atoms with E-state index in [1.54, 1.807) is 0 Å². The second-order valence-electron chi connectivity index (χ2n) is 9.83. The van der Waals surface area contributed by atoms with Gasteiger partial charge in [-0.3, -0.25) is 9.59 Å². The summed E-state index contributed by atoms with van der Waals surface area (Å²) in [6.07, 6.45) is 26.9. The Morgan fingerprint density at radius 1 is 0.629 bits per heavy atom. The number of rotatable bonds is 26. The molecule has 0 radical (unpaired) electrons. The minimum atomic E-state index is -0.765. The Labute approximate surface area is 216 Å². The number of esters is 2. The lowest BCUT2D eigenvalue weighted by atomic mass is 10.1. The molecule has 0 aromatic carbocycles. The van der Waals surface area contributed by atoms with Crippen molar-refractivity contribution in [3.63, 3.8) is 0 Å². The molecule has 0 spiro atoms. The van der Waals surface area contributed by atoms with Crippen molar-refractivity contribution in [3.8, 4) is 0 Å². The fourth-order valence-electron chi connectivity index (χ4n) is 4.02. The molecular weight excluding hydrogens is 440 g/mol. The van der Waals surface area contributed by atoms with E-state index in [1.807, 2.05) is 0 Å². The molecule has 0 aliphatic carbocycles. The van der Waals surface area contributed by atoms with E-state index in [1.165, 1.54) is 77.0 Å². The van der Waals surface area contributed by atoms with Crippen LogP contribution >= 0.6 is 0 Å². The molecule has 206 valence electrons. The van der Waals surface area contributed by atoms with Gasteiger partial charge < -0.3 is 14.6 Å². The number of hydrogen-bond acceptors (Lipinski definition) is 5. The van der Waals surface area contributed by atoms with Gasteiger partial charge >= 0.3 is 11.9 Å². The van der Waals surface area contributed by atoms with Gasteiger partial charge in [0.2, 0.25) is 0 Å². The highest BCUT2D eigenvalue weighted by molar-refractivity contribution is 5.70. The maximum Gasteiger partial charge on any atom is 0.306 e. The van der Waals surface area contributed by atoms with Crippen LogP contribution in [0.4, 0.5) is 0 Å². The first kappa shape index (κ1) is 33.6. The summed E-state index contributed by atoms with van der Waals surface area (Å²) in [6.45, 7) is 4.06. The van der Waals surface area contributed by atoms with Crippen molar-refractivity contribution in [2.75, 3.05) is 13.2 Å². The van der Waals surface area contributed by atoms with Crippen molar-refractivity contribution in [1.29, 1.82) is 0 Å². The van der Waals surface area contributed by atoms with E-state index >= 15 is 0 Å². The van der Waals surface area contributed by atoms with E-state index in [0.29, 0.717) is 12.8 Å². The Morgan fingerprint density at radius 3 is 1.57 bits per heavy atom. The standard InChI is InChI=1S/C30H56O5/c1-3-5-7-9-11-13-14-15-16-17-19-21-23-25-30(33)35-28(26-31)27-34-29(32)24-22-20-18-12-10-8-6-4-2/h13-14,28,31H,3-12,15-27H2,1-2H3/b14-13-. The maximum atomic E-state index is 12.0. The molecule has 0 saturated heterocycles. The number of ether oxygens (including phenoxy) is 2. The van der Waals surface area contributed by atoms with Crippen molar-refractivity contribution in [3.05, 3.63) is 12.2 Å². The predicted octanol–water partition coefficient (Wildman–Crippen LogP) is 8.22. The molecule has 35 heavy (non-hydrogen) atoms. The Morgan fingerprint density at radius 2 is 1.06 bits per heavy atom. The Balaban J connectivity index is 3.61. The predicted molar refractivity (Wildman–Crippen MR) is 145 cm³/mol. The molecule has 0 aromatic heterocycles. The van der Waals surface area contributed by atoms with Crippen LogP contribution in [0.25, 0.3) is 0 Å². The Bertz CT molecular complexity index is 503. The van der Waals surface area contributed by atoms with Gasteiger partial charge in [-0.1, -0.05) is 109 Å². The van der Waals surface area contributed by atoms with Gasteiger partial charge in [0.05, 0.1) is 6.61 Å². The van der Waals surface area contributed by atoms with E-state index in [0.717, 1.165) is 44.9 Å². The minimum absolute atomic E-state index is 0.0653. The second-order valence-corrected chi connectivity index (χ2v) is 9.83. The summed E-state index contributed by atoms with van der Waals surface area (Å²) in [5, 5.41) is 9.43. The topological polar surface area (TPSA) is 72.8 Å². The summed E-state index contributed by atoms with van der Waals surface area (Å²) in [5.74, 6) is -0.606. The molecule has 1 N–H and O–H groups in total. The highest BCUT2D eigenvalue weighted by Crippen LogP contribution is 2.11. The summed E-state index contributed by atoms with van der Waals surface area (Å²) in [4.78, 5) is 23.9. The monoisotopic (exact) mass is 496 g/mol. The first-order valence-corrected chi connectivity index (χ1v) is 14.7. The SMILES string of the molecule is CCCCCC/C=C\CCCCCCCC(=O)OC(CO)COC(=O)CCCCCCCCCC. The molecule has 0 aliphatic rings. The molecule has 0 heterocycles. The average Bonchev–Trinajstić information content (AvgIpc) is 2.86. The first-order valence-electron chi connectivity index (χ1n) is 14.7. The van der Waals surface area contributed by atoms with Crippen LogP contribution < -0.4 is 0 Å². The zero-order valence-electron chi connectivity index (χ0n) is 23.1. The van der Waals surface area contributed by atoms with Crippen molar-refractivity contribution in [1.82, 2.24) is 0 Å². The lowest BCUT2D eigenvalue weighted by Gasteiger charge is -2.15. The minimum Gasteiger partial charge on any atom is -0.462 e. The van der Waals surface area contributed by atoms with Crippen LogP contribution in [0.2, 0.25) is 0 Å². The van der Waals surface area contributed by atoms with Gasteiger partial charge in [-0.15, -0.1) is 0 Å². The van der Waals surface area contributed by atoms with E-state index in [9.17, 15) is 14.7 Å². The molecule has 0 aromatic rings. The fraction of sp³-hybridized carbons (Fsp3) is 0.867. The van der Waals surface area contributed by atoms with Gasteiger partial charge in [-0.2, -0.15) is 0 Å². The van der Waals surface area contributed by atoms with Crippen LogP contribution in [-0.2, 0) is 19.1 Å². The largest absolute Gasteiger partial charge is 0.462 e. The smallest absolute Gasteiger partial charge is 0.306 e. The Hall–Kier alpha value is -1.36. The van der Waals surface area contributed by atoms with Gasteiger partial charge in [0, 0.05) is 12.8 Å². The average molecular weight is 497 g/mol. The number of aliphatic hydroxyl groups excluding tert-OH is 1. The van der Waals surface area contributed by atoms with Crippen molar-refractivity contribution >= 4 is 11.9 Å². The summed E-state index contributed by atoms with van der Waals surface area (Å²) >= 11 is 0. The van der Waals surface area contributed by atoms with E-state index in [-0.39, 0.29) is 25.2 Å². The first-order chi connectivity index (χ1) is 17.1. The highest BCUT2D eigenvalue weighted by atomic mass is 16.6. The van der Waals surface area contributed by atoms with E-state index in [2.05, 4.69) is 26.0 Å². The number of hydrogen-bond donors (Lipinski definition) is 1. The van der Waals surface area contributed by atoms with Crippen LogP contribution in [0.5, 0.6) is 0 Å². The van der Waals surface area contributed by atoms with Gasteiger partial charge in [0.15, 0.2) is 6.10 Å². The number of unbranched alkanes of at least 4 members (excludes halogenated alkanes) is 16. The Kier molecular flexibility index (Phi) is 26.2. The van der Waals surface area contributed by atoms with Crippen LogP contribution in [-0.4, -0.2) is 36.4 Å². The summed E-state index contributed by atoms with van der Waals surface area (Å²) in [7, 11) is 0.